The molecule has 0 radical (unpaired) electrons. The summed E-state index contributed by atoms with van der Waals surface area (Å²) in [6.07, 6.45) is 5.27. The van der Waals surface area contributed by atoms with Gasteiger partial charge in [-0.3, -0.25) is 19.7 Å². The molecule has 1 saturated heterocycles. The lowest BCUT2D eigenvalue weighted by molar-refractivity contribution is -0.136. The SMILES string of the molecule is N[C@@H]1CC[C@H](CCNCc2cccc3c2CN(C2CCC(=O)NC2=O)C3=O)C1. The van der Waals surface area contributed by atoms with Crippen LogP contribution in [-0.2, 0) is 22.7 Å². The van der Waals surface area contributed by atoms with Crippen LogP contribution in [0.4, 0.5) is 0 Å². The van der Waals surface area contributed by atoms with Gasteiger partial charge in [0.2, 0.25) is 11.8 Å². The van der Waals surface area contributed by atoms with E-state index in [-0.39, 0.29) is 24.1 Å². The van der Waals surface area contributed by atoms with Crippen molar-refractivity contribution in [2.24, 2.45) is 11.7 Å². The highest BCUT2D eigenvalue weighted by Crippen LogP contribution is 2.30. The van der Waals surface area contributed by atoms with Crippen LogP contribution < -0.4 is 16.4 Å². The van der Waals surface area contributed by atoms with Gasteiger partial charge in [0.05, 0.1) is 0 Å². The number of piperidine rings is 1. The molecular weight excluding hydrogens is 356 g/mol. The summed E-state index contributed by atoms with van der Waals surface area (Å²) in [5.74, 6) is -0.0368. The average molecular weight is 384 g/mol. The van der Waals surface area contributed by atoms with Crippen molar-refractivity contribution in [1.29, 1.82) is 0 Å². The summed E-state index contributed by atoms with van der Waals surface area (Å²) in [6.45, 7) is 2.07. The van der Waals surface area contributed by atoms with Crippen LogP contribution in [0.15, 0.2) is 18.2 Å². The van der Waals surface area contributed by atoms with Gasteiger partial charge in [-0.1, -0.05) is 12.1 Å². The maximum atomic E-state index is 12.8. The zero-order chi connectivity index (χ0) is 19.7. The largest absolute Gasteiger partial charge is 0.328 e. The quantitative estimate of drug-likeness (QED) is 0.502. The molecule has 150 valence electrons. The van der Waals surface area contributed by atoms with E-state index in [0.29, 0.717) is 37.0 Å². The minimum Gasteiger partial charge on any atom is -0.328 e. The number of carbonyl (C=O) groups excluding carboxylic acids is 3. The monoisotopic (exact) mass is 384 g/mol. The Morgan fingerprint density at radius 1 is 1.18 bits per heavy atom. The van der Waals surface area contributed by atoms with Crippen LogP contribution in [0.1, 0.15) is 60.0 Å². The molecule has 1 aromatic carbocycles. The summed E-state index contributed by atoms with van der Waals surface area (Å²) in [5.41, 5.74) is 8.75. The normalized spacial score (nSPS) is 27.2. The van der Waals surface area contributed by atoms with Crippen molar-refractivity contribution in [3.05, 3.63) is 34.9 Å². The minimum atomic E-state index is -0.565. The van der Waals surface area contributed by atoms with Crippen LogP contribution in [0.25, 0.3) is 0 Å². The maximum absolute atomic E-state index is 12.8. The van der Waals surface area contributed by atoms with Gasteiger partial charge in [0, 0.05) is 31.1 Å². The van der Waals surface area contributed by atoms with Gasteiger partial charge in [-0.2, -0.15) is 0 Å². The fraction of sp³-hybridized carbons (Fsp3) is 0.571. The van der Waals surface area contributed by atoms with E-state index in [1.165, 1.54) is 6.42 Å². The number of hydrogen-bond acceptors (Lipinski definition) is 5. The number of amides is 3. The first-order valence-electron chi connectivity index (χ1n) is 10.2. The van der Waals surface area contributed by atoms with Crippen molar-refractivity contribution in [2.45, 2.75) is 63.7 Å². The van der Waals surface area contributed by atoms with Gasteiger partial charge in [-0.05, 0) is 61.8 Å². The van der Waals surface area contributed by atoms with Crippen molar-refractivity contribution in [2.75, 3.05) is 6.54 Å². The number of rotatable bonds is 6. The van der Waals surface area contributed by atoms with Crippen LogP contribution in [0.5, 0.6) is 0 Å². The van der Waals surface area contributed by atoms with Crippen molar-refractivity contribution < 1.29 is 14.4 Å². The Kier molecular flexibility index (Phi) is 5.46. The van der Waals surface area contributed by atoms with E-state index in [9.17, 15) is 14.4 Å². The molecule has 4 N–H and O–H groups in total. The van der Waals surface area contributed by atoms with E-state index in [0.717, 1.165) is 36.9 Å². The number of nitrogens with zero attached hydrogens (tertiary/aromatic N) is 1. The molecule has 4 rings (SSSR count). The molecule has 1 unspecified atom stereocenters. The third kappa shape index (κ3) is 3.82. The average Bonchev–Trinajstić information content (AvgIpc) is 3.23. The van der Waals surface area contributed by atoms with Crippen LogP contribution in [0, 0.1) is 5.92 Å². The zero-order valence-corrected chi connectivity index (χ0v) is 16.1. The first-order chi connectivity index (χ1) is 13.5. The summed E-state index contributed by atoms with van der Waals surface area (Å²) in [5, 5.41) is 5.85. The zero-order valence-electron chi connectivity index (χ0n) is 16.1. The molecule has 1 saturated carbocycles. The number of imide groups is 1. The van der Waals surface area contributed by atoms with Gasteiger partial charge in [-0.15, -0.1) is 0 Å². The summed E-state index contributed by atoms with van der Waals surface area (Å²) in [4.78, 5) is 38.0. The standard InChI is InChI=1S/C21H28N4O3/c22-15-5-4-13(10-15)8-9-23-11-14-2-1-3-16-17(14)12-25(21(16)28)18-6-7-19(26)24-20(18)27/h1-3,13,15,18,23H,4-12,22H2,(H,24,26,27)/t13-,15-,18?/m1/s1. The molecule has 0 spiro atoms. The minimum absolute atomic E-state index is 0.119. The molecule has 7 heteroatoms. The summed E-state index contributed by atoms with van der Waals surface area (Å²) < 4.78 is 0. The fourth-order valence-electron chi connectivity index (χ4n) is 4.72. The van der Waals surface area contributed by atoms with Crippen LogP contribution in [0.3, 0.4) is 0 Å². The Balaban J connectivity index is 1.37. The Morgan fingerprint density at radius 2 is 2.04 bits per heavy atom. The predicted octanol–water partition coefficient (Wildman–Crippen LogP) is 1.05. The van der Waals surface area contributed by atoms with E-state index >= 15 is 0 Å². The highest BCUT2D eigenvalue weighted by molar-refractivity contribution is 6.05. The molecule has 0 bridgehead atoms. The summed E-state index contributed by atoms with van der Waals surface area (Å²) >= 11 is 0. The Hall–Kier alpha value is -2.25. The fourth-order valence-corrected chi connectivity index (χ4v) is 4.72. The molecule has 3 atom stereocenters. The second kappa shape index (κ2) is 8.01. The molecule has 0 aromatic heterocycles. The third-order valence-electron chi connectivity index (χ3n) is 6.31. The third-order valence-corrected chi connectivity index (χ3v) is 6.31. The number of hydrogen-bond donors (Lipinski definition) is 3. The highest BCUT2D eigenvalue weighted by atomic mass is 16.2. The lowest BCUT2D eigenvalue weighted by Crippen LogP contribution is -2.52. The lowest BCUT2D eigenvalue weighted by Gasteiger charge is -2.29. The number of carbonyl (C=O) groups is 3. The van der Waals surface area contributed by atoms with Gasteiger partial charge >= 0.3 is 0 Å². The van der Waals surface area contributed by atoms with Crippen molar-refractivity contribution in [1.82, 2.24) is 15.5 Å². The van der Waals surface area contributed by atoms with Crippen LogP contribution >= 0.6 is 0 Å². The Labute approximate surface area is 165 Å². The number of benzene rings is 1. The smallest absolute Gasteiger partial charge is 0.255 e. The highest BCUT2D eigenvalue weighted by Gasteiger charge is 2.39. The van der Waals surface area contributed by atoms with Gasteiger partial charge in [0.15, 0.2) is 0 Å². The van der Waals surface area contributed by atoms with E-state index < -0.39 is 6.04 Å². The number of nitrogens with one attached hydrogen (secondary N) is 2. The molecule has 3 amide bonds. The first kappa shape index (κ1) is 19.1. The van der Waals surface area contributed by atoms with Gasteiger partial charge in [0.25, 0.3) is 5.91 Å². The Morgan fingerprint density at radius 3 is 2.79 bits per heavy atom. The van der Waals surface area contributed by atoms with Crippen LogP contribution in [0.2, 0.25) is 0 Å². The number of fused-ring (bicyclic) bond motifs is 1. The van der Waals surface area contributed by atoms with Gasteiger partial charge < -0.3 is 16.0 Å². The maximum Gasteiger partial charge on any atom is 0.255 e. The lowest BCUT2D eigenvalue weighted by atomic mass is 10.0. The molecular formula is C21H28N4O3. The van der Waals surface area contributed by atoms with Gasteiger partial charge in [-0.25, -0.2) is 0 Å². The van der Waals surface area contributed by atoms with Crippen LogP contribution in [-0.4, -0.2) is 41.2 Å². The first-order valence-corrected chi connectivity index (χ1v) is 10.2. The summed E-state index contributed by atoms with van der Waals surface area (Å²) in [6, 6.07) is 5.57. The summed E-state index contributed by atoms with van der Waals surface area (Å²) in [7, 11) is 0. The molecule has 1 aliphatic carbocycles. The molecule has 2 aliphatic heterocycles. The van der Waals surface area contributed by atoms with Crippen molar-refractivity contribution in [3.8, 4) is 0 Å². The second-order valence-electron chi connectivity index (χ2n) is 8.25. The van der Waals surface area contributed by atoms with E-state index in [4.69, 9.17) is 5.73 Å². The van der Waals surface area contributed by atoms with E-state index in [1.807, 2.05) is 18.2 Å². The molecule has 3 aliphatic rings. The van der Waals surface area contributed by atoms with Crippen molar-refractivity contribution in [3.63, 3.8) is 0 Å². The molecule has 2 fully saturated rings. The topological polar surface area (TPSA) is 105 Å². The molecule has 2 heterocycles. The predicted molar refractivity (Wildman–Crippen MR) is 104 cm³/mol. The van der Waals surface area contributed by atoms with Gasteiger partial charge in [0.1, 0.15) is 6.04 Å². The number of nitrogens with two attached hydrogens (primary N) is 1. The van der Waals surface area contributed by atoms with E-state index in [1.54, 1.807) is 4.90 Å². The second-order valence-corrected chi connectivity index (χ2v) is 8.25. The Bertz CT molecular complexity index is 794. The van der Waals surface area contributed by atoms with E-state index in [2.05, 4.69) is 10.6 Å². The molecule has 7 nitrogen and oxygen atoms in total. The van der Waals surface area contributed by atoms with Crippen molar-refractivity contribution >= 4 is 17.7 Å². The molecule has 28 heavy (non-hydrogen) atoms. The molecule has 1 aromatic rings.